The highest BCUT2D eigenvalue weighted by molar-refractivity contribution is 5.33. The third-order valence-electron chi connectivity index (χ3n) is 1.70. The van der Waals surface area contributed by atoms with E-state index in [2.05, 4.69) is 10.3 Å². The topological polar surface area (TPSA) is 34.1 Å². The van der Waals surface area contributed by atoms with Gasteiger partial charge in [0.1, 0.15) is 11.6 Å². The number of aromatic nitrogens is 1. The zero-order valence-electron chi connectivity index (χ0n) is 7.75. The molecule has 1 rings (SSSR count). The van der Waals surface area contributed by atoms with Crippen LogP contribution in [0.15, 0.2) is 18.3 Å². The lowest BCUT2D eigenvalue weighted by Crippen LogP contribution is -2.18. The molecule has 0 amide bonds. The summed E-state index contributed by atoms with van der Waals surface area (Å²) in [5, 5.41) is 3.02. The van der Waals surface area contributed by atoms with Crippen LogP contribution in [-0.2, 0) is 4.74 Å². The maximum Gasteiger partial charge on any atom is 0.141 e. The van der Waals surface area contributed by atoms with Gasteiger partial charge in [0.2, 0.25) is 0 Å². The Bertz CT molecular complexity index is 250. The van der Waals surface area contributed by atoms with Gasteiger partial charge >= 0.3 is 0 Å². The molecule has 72 valence electrons. The van der Waals surface area contributed by atoms with Crippen molar-refractivity contribution in [2.75, 3.05) is 19.0 Å². The second-order valence-electron chi connectivity index (χ2n) is 2.79. The van der Waals surface area contributed by atoms with Crippen molar-refractivity contribution >= 4 is 5.82 Å². The molecule has 0 spiro atoms. The molecule has 1 N–H and O–H groups in total. The van der Waals surface area contributed by atoms with Crippen LogP contribution in [0.2, 0.25) is 0 Å². The highest BCUT2D eigenvalue weighted by Gasteiger charge is 1.99. The molecule has 13 heavy (non-hydrogen) atoms. The molecule has 1 atom stereocenters. The largest absolute Gasteiger partial charge is 0.380 e. The zero-order chi connectivity index (χ0) is 9.68. The number of pyridine rings is 1. The molecule has 0 saturated heterocycles. The van der Waals surface area contributed by atoms with Gasteiger partial charge in [0, 0.05) is 13.7 Å². The SMILES string of the molecule is COC(C)CNc1ccc(F)cn1. The molecular formula is C9H13FN2O. The lowest BCUT2D eigenvalue weighted by atomic mass is 10.4. The maximum atomic E-state index is 12.4. The van der Waals surface area contributed by atoms with Crippen molar-refractivity contribution in [1.29, 1.82) is 0 Å². The monoisotopic (exact) mass is 184 g/mol. The molecule has 0 aliphatic carbocycles. The predicted molar refractivity (Wildman–Crippen MR) is 49.2 cm³/mol. The minimum atomic E-state index is -0.328. The fourth-order valence-electron chi connectivity index (χ4n) is 0.812. The van der Waals surface area contributed by atoms with E-state index in [-0.39, 0.29) is 11.9 Å². The number of hydrogen-bond donors (Lipinski definition) is 1. The summed E-state index contributed by atoms with van der Waals surface area (Å²) >= 11 is 0. The quantitative estimate of drug-likeness (QED) is 0.772. The van der Waals surface area contributed by atoms with Gasteiger partial charge in [0.25, 0.3) is 0 Å². The Morgan fingerprint density at radius 2 is 2.38 bits per heavy atom. The Kier molecular flexibility index (Phi) is 3.64. The second kappa shape index (κ2) is 4.77. The maximum absolute atomic E-state index is 12.4. The number of halogens is 1. The fraction of sp³-hybridized carbons (Fsp3) is 0.444. The minimum Gasteiger partial charge on any atom is -0.380 e. The smallest absolute Gasteiger partial charge is 0.141 e. The summed E-state index contributed by atoms with van der Waals surface area (Å²) in [6.07, 6.45) is 1.30. The Labute approximate surface area is 76.9 Å². The third kappa shape index (κ3) is 3.38. The van der Waals surface area contributed by atoms with Gasteiger partial charge in [-0.05, 0) is 19.1 Å². The van der Waals surface area contributed by atoms with Gasteiger partial charge in [-0.2, -0.15) is 0 Å². The van der Waals surface area contributed by atoms with Crippen molar-refractivity contribution in [3.05, 3.63) is 24.1 Å². The molecule has 4 heteroatoms. The first-order chi connectivity index (χ1) is 6.22. The minimum absolute atomic E-state index is 0.117. The van der Waals surface area contributed by atoms with Crippen LogP contribution in [0.5, 0.6) is 0 Å². The molecule has 0 saturated carbocycles. The van der Waals surface area contributed by atoms with E-state index >= 15 is 0 Å². The lowest BCUT2D eigenvalue weighted by molar-refractivity contribution is 0.128. The molecule has 3 nitrogen and oxygen atoms in total. The van der Waals surface area contributed by atoms with E-state index in [1.165, 1.54) is 12.3 Å². The van der Waals surface area contributed by atoms with Crippen LogP contribution in [0, 0.1) is 5.82 Å². The van der Waals surface area contributed by atoms with E-state index < -0.39 is 0 Å². The number of methoxy groups -OCH3 is 1. The number of rotatable bonds is 4. The van der Waals surface area contributed by atoms with Crippen molar-refractivity contribution in [3.8, 4) is 0 Å². The molecule has 0 aromatic carbocycles. The Morgan fingerprint density at radius 3 is 2.92 bits per heavy atom. The molecule has 0 radical (unpaired) electrons. The van der Waals surface area contributed by atoms with E-state index in [1.54, 1.807) is 13.2 Å². The van der Waals surface area contributed by atoms with Gasteiger partial charge in [0.15, 0.2) is 0 Å². The number of ether oxygens (including phenoxy) is 1. The molecule has 0 aliphatic heterocycles. The van der Waals surface area contributed by atoms with E-state index in [0.29, 0.717) is 12.4 Å². The third-order valence-corrected chi connectivity index (χ3v) is 1.70. The highest BCUT2D eigenvalue weighted by atomic mass is 19.1. The Morgan fingerprint density at radius 1 is 1.62 bits per heavy atom. The van der Waals surface area contributed by atoms with Crippen molar-refractivity contribution < 1.29 is 9.13 Å². The molecule has 1 aromatic rings. The zero-order valence-corrected chi connectivity index (χ0v) is 7.75. The van der Waals surface area contributed by atoms with Crippen LogP contribution >= 0.6 is 0 Å². The van der Waals surface area contributed by atoms with Crippen molar-refractivity contribution in [3.63, 3.8) is 0 Å². The molecule has 1 unspecified atom stereocenters. The van der Waals surface area contributed by atoms with Crippen LogP contribution in [-0.4, -0.2) is 24.7 Å². The van der Waals surface area contributed by atoms with Crippen molar-refractivity contribution in [2.24, 2.45) is 0 Å². The van der Waals surface area contributed by atoms with Gasteiger partial charge in [0.05, 0.1) is 12.3 Å². The number of anilines is 1. The lowest BCUT2D eigenvalue weighted by Gasteiger charge is -2.10. The summed E-state index contributed by atoms with van der Waals surface area (Å²) in [7, 11) is 1.64. The second-order valence-corrected chi connectivity index (χ2v) is 2.79. The highest BCUT2D eigenvalue weighted by Crippen LogP contribution is 2.03. The van der Waals surface area contributed by atoms with Gasteiger partial charge in [-0.25, -0.2) is 9.37 Å². The molecule has 0 fully saturated rings. The fourth-order valence-corrected chi connectivity index (χ4v) is 0.812. The first-order valence-corrected chi connectivity index (χ1v) is 4.10. The summed E-state index contributed by atoms with van der Waals surface area (Å²) in [5.74, 6) is 0.329. The first kappa shape index (κ1) is 9.92. The Hall–Kier alpha value is -1.16. The Balaban J connectivity index is 2.41. The normalized spacial score (nSPS) is 12.5. The molecular weight excluding hydrogens is 171 g/mol. The van der Waals surface area contributed by atoms with E-state index in [4.69, 9.17) is 4.74 Å². The molecule has 0 bridgehead atoms. The average Bonchev–Trinajstić information content (AvgIpc) is 2.16. The number of nitrogens with zero attached hydrogens (tertiary/aromatic N) is 1. The summed E-state index contributed by atoms with van der Waals surface area (Å²) in [6, 6.07) is 2.96. The molecule has 1 aromatic heterocycles. The van der Waals surface area contributed by atoms with E-state index in [1.807, 2.05) is 6.92 Å². The van der Waals surface area contributed by atoms with Crippen LogP contribution in [0.4, 0.5) is 10.2 Å². The summed E-state index contributed by atoms with van der Waals surface area (Å²) in [4.78, 5) is 3.84. The van der Waals surface area contributed by atoms with Gasteiger partial charge in [-0.3, -0.25) is 0 Å². The van der Waals surface area contributed by atoms with Crippen LogP contribution in [0.25, 0.3) is 0 Å². The molecule has 0 aliphatic rings. The van der Waals surface area contributed by atoms with Crippen molar-refractivity contribution in [1.82, 2.24) is 4.98 Å². The van der Waals surface area contributed by atoms with Gasteiger partial charge in [-0.1, -0.05) is 0 Å². The molecule has 1 heterocycles. The predicted octanol–water partition coefficient (Wildman–Crippen LogP) is 1.67. The summed E-state index contributed by atoms with van der Waals surface area (Å²) in [5.41, 5.74) is 0. The van der Waals surface area contributed by atoms with E-state index in [0.717, 1.165) is 0 Å². The summed E-state index contributed by atoms with van der Waals surface area (Å²) < 4.78 is 17.5. The average molecular weight is 184 g/mol. The van der Waals surface area contributed by atoms with Crippen LogP contribution in [0.3, 0.4) is 0 Å². The standard InChI is InChI=1S/C9H13FN2O/c1-7(13-2)5-11-9-4-3-8(10)6-12-9/h3-4,6-7H,5H2,1-2H3,(H,11,12). The van der Waals surface area contributed by atoms with Gasteiger partial charge in [-0.15, -0.1) is 0 Å². The van der Waals surface area contributed by atoms with Crippen molar-refractivity contribution in [2.45, 2.75) is 13.0 Å². The van der Waals surface area contributed by atoms with Gasteiger partial charge < -0.3 is 10.1 Å². The number of hydrogen-bond acceptors (Lipinski definition) is 3. The van der Waals surface area contributed by atoms with E-state index in [9.17, 15) is 4.39 Å². The van der Waals surface area contributed by atoms with Crippen LogP contribution in [0.1, 0.15) is 6.92 Å². The first-order valence-electron chi connectivity index (χ1n) is 4.10. The summed E-state index contributed by atoms with van der Waals surface area (Å²) in [6.45, 7) is 2.60. The number of nitrogens with one attached hydrogen (secondary N) is 1. The van der Waals surface area contributed by atoms with Crippen LogP contribution < -0.4 is 5.32 Å².